The first kappa shape index (κ1) is 16.1. The standard InChI is InChI=1S/C16H13ClN2O5/c1-23-16(20)15-9-18(13-4-2-3-5-14(13)24-15)12-7-6-10(19(21)22)8-11(12)17/h2-8,15H,9H2,1H3/t15-/m1/s1. The van der Waals surface area contributed by atoms with Gasteiger partial charge in [0.1, 0.15) is 5.75 Å². The first-order valence-electron chi connectivity index (χ1n) is 7.06. The number of nitro benzene ring substituents is 1. The molecular weight excluding hydrogens is 336 g/mol. The van der Waals surface area contributed by atoms with Crippen LogP contribution in [0.4, 0.5) is 17.1 Å². The lowest BCUT2D eigenvalue weighted by Crippen LogP contribution is -2.43. The Balaban J connectivity index is 2.05. The molecule has 124 valence electrons. The van der Waals surface area contributed by atoms with Crippen LogP contribution in [0.5, 0.6) is 5.75 Å². The maximum absolute atomic E-state index is 11.9. The summed E-state index contributed by atoms with van der Waals surface area (Å²) in [4.78, 5) is 24.0. The predicted molar refractivity (Wildman–Crippen MR) is 88.0 cm³/mol. The molecule has 8 heteroatoms. The second kappa shape index (κ2) is 6.37. The summed E-state index contributed by atoms with van der Waals surface area (Å²) >= 11 is 6.23. The normalized spacial score (nSPS) is 16.1. The third-order valence-electron chi connectivity index (χ3n) is 3.67. The summed E-state index contributed by atoms with van der Waals surface area (Å²) < 4.78 is 10.4. The second-order valence-corrected chi connectivity index (χ2v) is 5.51. The topological polar surface area (TPSA) is 81.9 Å². The van der Waals surface area contributed by atoms with E-state index < -0.39 is 17.0 Å². The van der Waals surface area contributed by atoms with Crippen molar-refractivity contribution in [1.82, 2.24) is 0 Å². The van der Waals surface area contributed by atoms with E-state index in [1.807, 2.05) is 12.1 Å². The summed E-state index contributed by atoms with van der Waals surface area (Å²) in [6.45, 7) is 0.182. The van der Waals surface area contributed by atoms with Gasteiger partial charge in [0, 0.05) is 12.1 Å². The van der Waals surface area contributed by atoms with Crippen molar-refractivity contribution in [2.75, 3.05) is 18.6 Å². The van der Waals surface area contributed by atoms with Crippen LogP contribution in [0.1, 0.15) is 0 Å². The van der Waals surface area contributed by atoms with Gasteiger partial charge in [0.25, 0.3) is 5.69 Å². The van der Waals surface area contributed by atoms with Crippen LogP contribution >= 0.6 is 11.6 Å². The van der Waals surface area contributed by atoms with Crippen molar-refractivity contribution in [2.45, 2.75) is 6.10 Å². The summed E-state index contributed by atoms with van der Waals surface area (Å²) in [5, 5.41) is 11.1. The molecule has 1 aliphatic rings. The zero-order valence-corrected chi connectivity index (χ0v) is 13.4. The molecule has 2 aromatic carbocycles. The summed E-state index contributed by atoms with van der Waals surface area (Å²) in [7, 11) is 1.29. The van der Waals surface area contributed by atoms with Gasteiger partial charge in [-0.2, -0.15) is 0 Å². The van der Waals surface area contributed by atoms with Crippen molar-refractivity contribution in [3.8, 4) is 5.75 Å². The van der Waals surface area contributed by atoms with Crippen molar-refractivity contribution in [2.24, 2.45) is 0 Å². The van der Waals surface area contributed by atoms with Crippen LogP contribution < -0.4 is 9.64 Å². The van der Waals surface area contributed by atoms with Gasteiger partial charge in [-0.1, -0.05) is 23.7 Å². The molecule has 1 aliphatic heterocycles. The van der Waals surface area contributed by atoms with E-state index in [0.717, 1.165) is 0 Å². The van der Waals surface area contributed by atoms with E-state index >= 15 is 0 Å². The van der Waals surface area contributed by atoms with Crippen LogP contribution in [-0.4, -0.2) is 30.7 Å². The number of non-ortho nitro benzene ring substituents is 1. The largest absolute Gasteiger partial charge is 0.475 e. The molecule has 3 rings (SSSR count). The number of nitro groups is 1. The average molecular weight is 349 g/mol. The summed E-state index contributed by atoms with van der Waals surface area (Å²) in [6, 6.07) is 11.4. The van der Waals surface area contributed by atoms with Crippen molar-refractivity contribution in [3.63, 3.8) is 0 Å². The van der Waals surface area contributed by atoms with Crippen LogP contribution in [0.3, 0.4) is 0 Å². The molecule has 2 aromatic rings. The van der Waals surface area contributed by atoms with E-state index in [9.17, 15) is 14.9 Å². The average Bonchev–Trinajstić information content (AvgIpc) is 2.60. The Morgan fingerprint density at radius 2 is 2.08 bits per heavy atom. The number of rotatable bonds is 3. The fraction of sp³-hybridized carbons (Fsp3) is 0.188. The number of methoxy groups -OCH3 is 1. The molecular formula is C16H13ClN2O5. The fourth-order valence-corrected chi connectivity index (χ4v) is 2.82. The first-order valence-corrected chi connectivity index (χ1v) is 7.44. The van der Waals surface area contributed by atoms with E-state index in [-0.39, 0.29) is 17.3 Å². The van der Waals surface area contributed by atoms with Gasteiger partial charge in [-0.3, -0.25) is 10.1 Å². The highest BCUT2D eigenvalue weighted by molar-refractivity contribution is 6.33. The van der Waals surface area contributed by atoms with Gasteiger partial charge >= 0.3 is 5.97 Å². The number of fused-ring (bicyclic) bond motifs is 1. The fourth-order valence-electron chi connectivity index (χ4n) is 2.55. The highest BCUT2D eigenvalue weighted by atomic mass is 35.5. The van der Waals surface area contributed by atoms with E-state index in [1.54, 1.807) is 23.1 Å². The van der Waals surface area contributed by atoms with Gasteiger partial charge < -0.3 is 14.4 Å². The number of ether oxygens (including phenoxy) is 2. The van der Waals surface area contributed by atoms with Gasteiger partial charge in [0.15, 0.2) is 0 Å². The molecule has 0 bridgehead atoms. The Bertz CT molecular complexity index is 811. The Labute approximate surface area is 142 Å². The maximum Gasteiger partial charge on any atom is 0.348 e. The Morgan fingerprint density at radius 3 is 2.75 bits per heavy atom. The molecule has 0 spiro atoms. The molecule has 0 radical (unpaired) electrons. The number of hydrogen-bond donors (Lipinski definition) is 0. The lowest BCUT2D eigenvalue weighted by molar-refractivity contribution is -0.384. The minimum atomic E-state index is -0.823. The number of esters is 1. The van der Waals surface area contributed by atoms with Crippen molar-refractivity contribution >= 4 is 34.6 Å². The number of anilines is 2. The second-order valence-electron chi connectivity index (χ2n) is 5.10. The molecule has 0 N–H and O–H groups in total. The predicted octanol–water partition coefficient (Wildman–Crippen LogP) is 3.32. The third-order valence-corrected chi connectivity index (χ3v) is 3.97. The van der Waals surface area contributed by atoms with Crippen LogP contribution in [-0.2, 0) is 9.53 Å². The summed E-state index contributed by atoms with van der Waals surface area (Å²) in [5.41, 5.74) is 1.16. The highest BCUT2D eigenvalue weighted by Gasteiger charge is 2.33. The number of halogens is 1. The Morgan fingerprint density at radius 1 is 1.33 bits per heavy atom. The molecule has 1 atom stereocenters. The van der Waals surface area contributed by atoms with Crippen molar-refractivity contribution < 1.29 is 19.2 Å². The Hall–Kier alpha value is -2.80. The highest BCUT2D eigenvalue weighted by Crippen LogP contribution is 2.41. The lowest BCUT2D eigenvalue weighted by atomic mass is 10.1. The van der Waals surface area contributed by atoms with Crippen LogP contribution in [0, 0.1) is 10.1 Å². The summed E-state index contributed by atoms with van der Waals surface area (Å²) in [5.74, 6) is 0.00102. The zero-order chi connectivity index (χ0) is 17.3. The van der Waals surface area contributed by atoms with E-state index in [4.69, 9.17) is 21.1 Å². The molecule has 7 nitrogen and oxygen atoms in total. The number of carbonyl (C=O) groups is 1. The van der Waals surface area contributed by atoms with E-state index in [0.29, 0.717) is 17.1 Å². The van der Waals surface area contributed by atoms with Crippen LogP contribution in [0.25, 0.3) is 0 Å². The minimum Gasteiger partial charge on any atom is -0.475 e. The summed E-state index contributed by atoms with van der Waals surface area (Å²) in [6.07, 6.45) is -0.823. The zero-order valence-electron chi connectivity index (χ0n) is 12.6. The number of carbonyl (C=O) groups excluding carboxylic acids is 1. The number of para-hydroxylation sites is 2. The maximum atomic E-state index is 11.9. The molecule has 1 heterocycles. The molecule has 0 aliphatic carbocycles. The number of benzene rings is 2. The van der Waals surface area contributed by atoms with Crippen molar-refractivity contribution in [1.29, 1.82) is 0 Å². The molecule has 24 heavy (non-hydrogen) atoms. The molecule has 0 fully saturated rings. The van der Waals surface area contributed by atoms with Gasteiger partial charge in [0.05, 0.1) is 35.0 Å². The number of nitrogens with zero attached hydrogens (tertiary/aromatic N) is 2. The first-order chi connectivity index (χ1) is 11.5. The molecule has 0 aromatic heterocycles. The van der Waals surface area contributed by atoms with Gasteiger partial charge in [0.2, 0.25) is 6.10 Å². The monoisotopic (exact) mass is 348 g/mol. The van der Waals surface area contributed by atoms with Crippen LogP contribution in [0.15, 0.2) is 42.5 Å². The van der Waals surface area contributed by atoms with Crippen LogP contribution in [0.2, 0.25) is 5.02 Å². The molecule has 0 amide bonds. The smallest absolute Gasteiger partial charge is 0.348 e. The molecule has 0 unspecified atom stereocenters. The van der Waals surface area contributed by atoms with Crippen molar-refractivity contribution in [3.05, 3.63) is 57.6 Å². The molecule has 0 saturated heterocycles. The van der Waals surface area contributed by atoms with Gasteiger partial charge in [-0.25, -0.2) is 4.79 Å². The van der Waals surface area contributed by atoms with E-state index in [1.165, 1.54) is 19.2 Å². The SMILES string of the molecule is COC(=O)[C@H]1CN(c2ccc([N+](=O)[O-])cc2Cl)c2ccccc2O1. The third kappa shape index (κ3) is 2.85. The quantitative estimate of drug-likeness (QED) is 0.481. The Kier molecular flexibility index (Phi) is 4.26. The number of hydrogen-bond acceptors (Lipinski definition) is 6. The van der Waals surface area contributed by atoms with E-state index in [2.05, 4.69) is 0 Å². The minimum absolute atomic E-state index is 0.102. The lowest BCUT2D eigenvalue weighted by Gasteiger charge is -2.35. The van der Waals surface area contributed by atoms with Gasteiger partial charge in [-0.15, -0.1) is 0 Å². The van der Waals surface area contributed by atoms with Gasteiger partial charge in [-0.05, 0) is 18.2 Å². The molecule has 0 saturated carbocycles.